The van der Waals surface area contributed by atoms with E-state index in [1.54, 1.807) is 0 Å². The fourth-order valence-corrected chi connectivity index (χ4v) is 3.78. The summed E-state index contributed by atoms with van der Waals surface area (Å²) in [5.74, 6) is 0.881. The van der Waals surface area contributed by atoms with Gasteiger partial charge in [-0.2, -0.15) is 5.10 Å². The molecule has 6 nitrogen and oxygen atoms in total. The molecule has 1 aliphatic carbocycles. The Hall–Kier alpha value is -0.830. The van der Waals surface area contributed by atoms with Gasteiger partial charge in [-0.05, 0) is 52.6 Å². The standard InChI is InChI=1S/C19H36N6.HI/c1-14(13-18-15(2)23-25(6)16(18)3)22-19(20-4)21-11-12-24(5)17-9-7-8-10-17;/h14,17H,7-13H2,1-6H3,(H2,20,21,22);1H. The number of guanidine groups is 1. The summed E-state index contributed by atoms with van der Waals surface area (Å²) in [6, 6.07) is 1.08. The molecule has 0 amide bonds. The van der Waals surface area contributed by atoms with Gasteiger partial charge in [0.2, 0.25) is 0 Å². The van der Waals surface area contributed by atoms with Gasteiger partial charge < -0.3 is 15.5 Å². The van der Waals surface area contributed by atoms with Gasteiger partial charge in [-0.25, -0.2) is 0 Å². The van der Waals surface area contributed by atoms with Crippen LogP contribution in [0.4, 0.5) is 0 Å². The number of halogens is 1. The molecule has 1 heterocycles. The van der Waals surface area contributed by atoms with E-state index in [2.05, 4.69) is 53.4 Å². The van der Waals surface area contributed by atoms with E-state index < -0.39 is 0 Å². The molecule has 0 aliphatic heterocycles. The Morgan fingerprint density at radius 2 is 2.00 bits per heavy atom. The molecule has 1 aromatic rings. The largest absolute Gasteiger partial charge is 0.355 e. The number of likely N-dealkylation sites (N-methyl/N-ethyl adjacent to an activating group) is 1. The van der Waals surface area contributed by atoms with Gasteiger partial charge >= 0.3 is 0 Å². The Balaban J connectivity index is 0.00000338. The first-order valence-electron chi connectivity index (χ1n) is 9.58. The van der Waals surface area contributed by atoms with Crippen LogP contribution in [0.25, 0.3) is 0 Å². The molecule has 26 heavy (non-hydrogen) atoms. The number of nitrogens with one attached hydrogen (secondary N) is 2. The molecule has 0 saturated heterocycles. The second-order valence-corrected chi connectivity index (χ2v) is 7.44. The predicted molar refractivity (Wildman–Crippen MR) is 121 cm³/mol. The van der Waals surface area contributed by atoms with Crippen molar-refractivity contribution in [3.8, 4) is 0 Å². The topological polar surface area (TPSA) is 57.5 Å². The zero-order valence-electron chi connectivity index (χ0n) is 17.3. The van der Waals surface area contributed by atoms with Gasteiger partial charge in [0.1, 0.15) is 0 Å². The number of hydrogen-bond acceptors (Lipinski definition) is 3. The molecule has 1 aliphatic rings. The number of aryl methyl sites for hydroxylation is 2. The molecule has 2 N–H and O–H groups in total. The Morgan fingerprint density at radius 1 is 1.35 bits per heavy atom. The monoisotopic (exact) mass is 476 g/mol. The first-order valence-corrected chi connectivity index (χ1v) is 9.58. The molecule has 1 atom stereocenters. The van der Waals surface area contributed by atoms with E-state index in [-0.39, 0.29) is 24.0 Å². The van der Waals surface area contributed by atoms with Gasteiger partial charge in [-0.15, -0.1) is 24.0 Å². The summed E-state index contributed by atoms with van der Waals surface area (Å²) in [4.78, 5) is 6.85. The van der Waals surface area contributed by atoms with Gasteiger partial charge in [-0.1, -0.05) is 12.8 Å². The van der Waals surface area contributed by atoms with Crippen LogP contribution in [-0.2, 0) is 13.5 Å². The highest BCUT2D eigenvalue weighted by atomic mass is 127. The maximum Gasteiger partial charge on any atom is 0.191 e. The van der Waals surface area contributed by atoms with Crippen LogP contribution in [0.3, 0.4) is 0 Å². The molecule has 0 spiro atoms. The highest BCUT2D eigenvalue weighted by Crippen LogP contribution is 2.21. The van der Waals surface area contributed by atoms with Crippen LogP contribution < -0.4 is 10.6 Å². The molecule has 1 aromatic heterocycles. The van der Waals surface area contributed by atoms with Crippen LogP contribution in [0.1, 0.15) is 49.6 Å². The molecule has 1 saturated carbocycles. The summed E-state index contributed by atoms with van der Waals surface area (Å²) >= 11 is 0. The molecule has 0 radical (unpaired) electrons. The second kappa shape index (κ2) is 11.1. The van der Waals surface area contributed by atoms with Crippen molar-refractivity contribution in [3.05, 3.63) is 17.0 Å². The minimum atomic E-state index is 0. The van der Waals surface area contributed by atoms with Gasteiger partial charge in [0.05, 0.1) is 5.69 Å². The van der Waals surface area contributed by atoms with E-state index in [1.165, 1.54) is 36.9 Å². The van der Waals surface area contributed by atoms with Crippen molar-refractivity contribution in [2.75, 3.05) is 27.2 Å². The number of aliphatic imine (C=N–C) groups is 1. The Morgan fingerprint density at radius 3 is 2.54 bits per heavy atom. The smallest absolute Gasteiger partial charge is 0.191 e. The van der Waals surface area contributed by atoms with E-state index in [1.807, 2.05) is 18.8 Å². The third kappa shape index (κ3) is 6.40. The summed E-state index contributed by atoms with van der Waals surface area (Å²) in [5, 5.41) is 11.5. The maximum absolute atomic E-state index is 4.51. The number of nitrogens with zero attached hydrogens (tertiary/aromatic N) is 4. The molecular formula is C19H37IN6. The fraction of sp³-hybridized carbons (Fsp3) is 0.789. The third-order valence-electron chi connectivity index (χ3n) is 5.48. The Bertz CT molecular complexity index is 577. The molecular weight excluding hydrogens is 439 g/mol. The van der Waals surface area contributed by atoms with Crippen LogP contribution in [0, 0.1) is 13.8 Å². The van der Waals surface area contributed by atoms with Crippen molar-refractivity contribution < 1.29 is 0 Å². The van der Waals surface area contributed by atoms with Crippen LogP contribution in [0.15, 0.2) is 4.99 Å². The Kier molecular flexibility index (Phi) is 9.92. The highest BCUT2D eigenvalue weighted by molar-refractivity contribution is 14.0. The van der Waals surface area contributed by atoms with Gasteiger partial charge in [0, 0.05) is 45.0 Å². The molecule has 1 fully saturated rings. The van der Waals surface area contributed by atoms with Gasteiger partial charge in [0.25, 0.3) is 0 Å². The number of hydrogen-bond donors (Lipinski definition) is 2. The predicted octanol–water partition coefficient (Wildman–Crippen LogP) is 2.63. The number of aromatic nitrogens is 2. The van der Waals surface area contributed by atoms with Crippen molar-refractivity contribution in [2.45, 2.75) is 65.0 Å². The molecule has 0 bridgehead atoms. The first-order chi connectivity index (χ1) is 11.9. The van der Waals surface area contributed by atoms with Crippen molar-refractivity contribution in [2.24, 2.45) is 12.0 Å². The lowest BCUT2D eigenvalue weighted by molar-refractivity contribution is 0.249. The van der Waals surface area contributed by atoms with Crippen LogP contribution in [0.5, 0.6) is 0 Å². The summed E-state index contributed by atoms with van der Waals surface area (Å²) in [5.41, 5.74) is 3.70. The SMILES string of the molecule is CN=C(NCCN(C)C1CCCC1)NC(C)Cc1c(C)nn(C)c1C.I. The van der Waals surface area contributed by atoms with Crippen molar-refractivity contribution in [1.82, 2.24) is 25.3 Å². The average molecular weight is 476 g/mol. The molecule has 2 rings (SSSR count). The molecule has 7 heteroatoms. The highest BCUT2D eigenvalue weighted by Gasteiger charge is 2.19. The fourth-order valence-electron chi connectivity index (χ4n) is 3.78. The third-order valence-corrected chi connectivity index (χ3v) is 5.48. The lowest BCUT2D eigenvalue weighted by atomic mass is 10.1. The lowest BCUT2D eigenvalue weighted by Gasteiger charge is -2.25. The maximum atomic E-state index is 4.51. The zero-order valence-corrected chi connectivity index (χ0v) is 19.6. The van der Waals surface area contributed by atoms with Crippen LogP contribution >= 0.6 is 24.0 Å². The second-order valence-electron chi connectivity index (χ2n) is 7.44. The van der Waals surface area contributed by atoms with E-state index >= 15 is 0 Å². The minimum Gasteiger partial charge on any atom is -0.355 e. The molecule has 150 valence electrons. The Labute approximate surface area is 176 Å². The van der Waals surface area contributed by atoms with Crippen LogP contribution in [0.2, 0.25) is 0 Å². The van der Waals surface area contributed by atoms with E-state index in [0.29, 0.717) is 6.04 Å². The summed E-state index contributed by atoms with van der Waals surface area (Å²) in [6.45, 7) is 8.39. The van der Waals surface area contributed by atoms with Crippen molar-refractivity contribution >= 4 is 29.9 Å². The van der Waals surface area contributed by atoms with Gasteiger partial charge in [-0.3, -0.25) is 9.67 Å². The normalized spacial score (nSPS) is 16.7. The first kappa shape index (κ1) is 23.2. The molecule has 1 unspecified atom stereocenters. The van der Waals surface area contributed by atoms with Crippen molar-refractivity contribution in [3.63, 3.8) is 0 Å². The minimum absolute atomic E-state index is 0. The zero-order chi connectivity index (χ0) is 18.4. The van der Waals surface area contributed by atoms with E-state index in [4.69, 9.17) is 0 Å². The lowest BCUT2D eigenvalue weighted by Crippen LogP contribution is -2.46. The van der Waals surface area contributed by atoms with Crippen molar-refractivity contribution in [1.29, 1.82) is 0 Å². The van der Waals surface area contributed by atoms with Gasteiger partial charge in [0.15, 0.2) is 5.96 Å². The summed E-state index contributed by atoms with van der Waals surface area (Å²) in [7, 11) is 6.08. The quantitative estimate of drug-likeness (QED) is 0.361. The van der Waals surface area contributed by atoms with Crippen LogP contribution in [-0.4, -0.2) is 59.9 Å². The summed E-state index contributed by atoms with van der Waals surface area (Å²) in [6.07, 6.45) is 6.43. The summed E-state index contributed by atoms with van der Waals surface area (Å²) < 4.78 is 1.96. The number of rotatable bonds is 7. The molecule has 0 aromatic carbocycles. The average Bonchev–Trinajstić information content (AvgIpc) is 3.19. The van der Waals surface area contributed by atoms with E-state index in [9.17, 15) is 0 Å². The van der Waals surface area contributed by atoms with E-state index in [0.717, 1.165) is 37.2 Å².